The number of carbonyl (C=O) groups is 1. The summed E-state index contributed by atoms with van der Waals surface area (Å²) in [6.07, 6.45) is 0.348. The van der Waals surface area contributed by atoms with Crippen LogP contribution in [0.25, 0.3) is 0 Å². The van der Waals surface area contributed by atoms with Gasteiger partial charge in [-0.1, -0.05) is 19.1 Å². The Bertz CT molecular complexity index is 325. The van der Waals surface area contributed by atoms with Crippen molar-refractivity contribution in [1.82, 2.24) is 0 Å². The molecule has 0 atom stereocenters. The van der Waals surface area contributed by atoms with Gasteiger partial charge in [-0.3, -0.25) is 5.32 Å². The van der Waals surface area contributed by atoms with E-state index in [-0.39, 0.29) is 0 Å². The van der Waals surface area contributed by atoms with Crippen LogP contribution in [0.15, 0.2) is 24.3 Å². The summed E-state index contributed by atoms with van der Waals surface area (Å²) in [5.41, 5.74) is 0.612. The minimum Gasteiger partial charge on any atom is -0.495 e. The molecule has 0 heterocycles. The Balaban J connectivity index is 2.59. The second-order valence-electron chi connectivity index (χ2n) is 2.96. The van der Waals surface area contributed by atoms with Gasteiger partial charge in [-0.05, 0) is 18.6 Å². The summed E-state index contributed by atoms with van der Waals surface area (Å²) >= 11 is 0. The van der Waals surface area contributed by atoms with E-state index in [0.717, 1.165) is 6.42 Å². The Hall–Kier alpha value is -1.71. The number of ether oxygens (including phenoxy) is 2. The van der Waals surface area contributed by atoms with Crippen LogP contribution in [-0.4, -0.2) is 19.8 Å². The topological polar surface area (TPSA) is 47.6 Å². The lowest BCUT2D eigenvalue weighted by Gasteiger charge is -2.09. The maximum atomic E-state index is 11.3. The molecule has 82 valence electrons. The van der Waals surface area contributed by atoms with Crippen molar-refractivity contribution in [3.05, 3.63) is 24.3 Å². The maximum absolute atomic E-state index is 11.3. The molecule has 0 saturated carbocycles. The molecule has 0 aromatic heterocycles. The fraction of sp³-hybridized carbons (Fsp3) is 0.364. The normalized spacial score (nSPS) is 9.47. The number of rotatable bonds is 4. The highest BCUT2D eigenvalue weighted by molar-refractivity contribution is 5.86. The summed E-state index contributed by atoms with van der Waals surface area (Å²) in [4.78, 5) is 11.3. The predicted molar refractivity (Wildman–Crippen MR) is 58.3 cm³/mol. The zero-order chi connectivity index (χ0) is 11.1. The molecule has 15 heavy (non-hydrogen) atoms. The Kier molecular flexibility index (Phi) is 4.47. The molecule has 4 nitrogen and oxygen atoms in total. The molecule has 0 aliphatic rings. The lowest BCUT2D eigenvalue weighted by Crippen LogP contribution is -2.14. The predicted octanol–water partition coefficient (Wildman–Crippen LogP) is 2.65. The number of hydrogen-bond donors (Lipinski definition) is 1. The van der Waals surface area contributed by atoms with Gasteiger partial charge in [-0.2, -0.15) is 0 Å². The van der Waals surface area contributed by atoms with Crippen LogP contribution in [0.4, 0.5) is 10.5 Å². The maximum Gasteiger partial charge on any atom is 0.411 e. The lowest BCUT2D eigenvalue weighted by molar-refractivity contribution is 0.161. The molecule has 4 heteroatoms. The van der Waals surface area contributed by atoms with Gasteiger partial charge in [0.05, 0.1) is 19.4 Å². The molecule has 0 radical (unpaired) electrons. The van der Waals surface area contributed by atoms with Crippen molar-refractivity contribution in [3.63, 3.8) is 0 Å². The molecule has 0 saturated heterocycles. The molecule has 0 aliphatic carbocycles. The van der Waals surface area contributed by atoms with Crippen molar-refractivity contribution in [3.8, 4) is 5.75 Å². The van der Waals surface area contributed by atoms with Crippen LogP contribution in [-0.2, 0) is 4.74 Å². The summed E-state index contributed by atoms with van der Waals surface area (Å²) in [5, 5.41) is 2.61. The molecule has 0 fully saturated rings. The van der Waals surface area contributed by atoms with E-state index in [1.807, 2.05) is 19.1 Å². The van der Waals surface area contributed by atoms with Gasteiger partial charge in [0.2, 0.25) is 0 Å². The van der Waals surface area contributed by atoms with Crippen LogP contribution in [0, 0.1) is 0 Å². The van der Waals surface area contributed by atoms with E-state index in [0.29, 0.717) is 18.0 Å². The summed E-state index contributed by atoms with van der Waals surface area (Å²) in [5.74, 6) is 0.617. The molecule has 0 spiro atoms. The summed E-state index contributed by atoms with van der Waals surface area (Å²) in [6.45, 7) is 2.36. The zero-order valence-electron chi connectivity index (χ0n) is 8.95. The lowest BCUT2D eigenvalue weighted by atomic mass is 10.3. The smallest absolute Gasteiger partial charge is 0.411 e. The van der Waals surface area contributed by atoms with Gasteiger partial charge >= 0.3 is 6.09 Å². The molecule has 1 aromatic carbocycles. The van der Waals surface area contributed by atoms with Crippen LogP contribution in [0.3, 0.4) is 0 Å². The average molecular weight is 209 g/mol. The first kappa shape index (κ1) is 11.4. The third-order valence-electron chi connectivity index (χ3n) is 1.78. The molecule has 0 aliphatic heterocycles. The Morgan fingerprint density at radius 2 is 2.13 bits per heavy atom. The van der Waals surface area contributed by atoms with Crippen molar-refractivity contribution in [2.45, 2.75) is 13.3 Å². The molecular formula is C11H15NO3. The van der Waals surface area contributed by atoms with E-state index in [1.165, 1.54) is 0 Å². The van der Waals surface area contributed by atoms with Crippen molar-refractivity contribution in [1.29, 1.82) is 0 Å². The van der Waals surface area contributed by atoms with E-state index in [4.69, 9.17) is 9.47 Å². The quantitative estimate of drug-likeness (QED) is 0.829. The highest BCUT2D eigenvalue weighted by Crippen LogP contribution is 2.22. The van der Waals surface area contributed by atoms with E-state index in [1.54, 1.807) is 19.2 Å². The largest absolute Gasteiger partial charge is 0.495 e. The highest BCUT2D eigenvalue weighted by Gasteiger charge is 2.06. The second-order valence-corrected chi connectivity index (χ2v) is 2.96. The van der Waals surface area contributed by atoms with E-state index >= 15 is 0 Å². The third kappa shape index (κ3) is 3.50. The molecule has 1 aromatic rings. The van der Waals surface area contributed by atoms with E-state index < -0.39 is 6.09 Å². The molecule has 1 amide bonds. The van der Waals surface area contributed by atoms with Crippen LogP contribution in [0.2, 0.25) is 0 Å². The number of benzene rings is 1. The van der Waals surface area contributed by atoms with Gasteiger partial charge in [-0.15, -0.1) is 0 Å². The van der Waals surface area contributed by atoms with Crippen LogP contribution >= 0.6 is 0 Å². The van der Waals surface area contributed by atoms with E-state index in [9.17, 15) is 4.79 Å². The van der Waals surface area contributed by atoms with Gasteiger partial charge < -0.3 is 9.47 Å². The minimum absolute atomic E-state index is 0.418. The summed E-state index contributed by atoms with van der Waals surface area (Å²) < 4.78 is 9.97. The number of nitrogens with one attached hydrogen (secondary N) is 1. The molecule has 0 bridgehead atoms. The van der Waals surface area contributed by atoms with Gasteiger partial charge in [0, 0.05) is 0 Å². The van der Waals surface area contributed by atoms with Crippen LogP contribution in [0.1, 0.15) is 13.3 Å². The molecular weight excluding hydrogens is 194 g/mol. The number of anilines is 1. The Morgan fingerprint density at radius 1 is 1.40 bits per heavy atom. The monoisotopic (exact) mass is 209 g/mol. The van der Waals surface area contributed by atoms with Gasteiger partial charge in [0.1, 0.15) is 5.75 Å². The summed E-state index contributed by atoms with van der Waals surface area (Å²) in [7, 11) is 1.55. The highest BCUT2D eigenvalue weighted by atomic mass is 16.5. The van der Waals surface area contributed by atoms with Crippen LogP contribution < -0.4 is 10.1 Å². The number of hydrogen-bond acceptors (Lipinski definition) is 3. The van der Waals surface area contributed by atoms with Crippen molar-refractivity contribution >= 4 is 11.8 Å². The first-order valence-electron chi connectivity index (χ1n) is 4.84. The van der Waals surface area contributed by atoms with Crippen molar-refractivity contribution in [2.24, 2.45) is 0 Å². The Morgan fingerprint density at radius 3 is 2.80 bits per heavy atom. The fourth-order valence-electron chi connectivity index (χ4n) is 1.09. The average Bonchev–Trinajstić information content (AvgIpc) is 2.27. The first-order chi connectivity index (χ1) is 7.27. The fourth-order valence-corrected chi connectivity index (χ4v) is 1.09. The summed E-state index contributed by atoms with van der Waals surface area (Å²) in [6, 6.07) is 7.18. The van der Waals surface area contributed by atoms with Gasteiger partial charge in [0.15, 0.2) is 0 Å². The molecule has 0 unspecified atom stereocenters. The number of carbonyl (C=O) groups excluding carboxylic acids is 1. The number of amides is 1. The second kappa shape index (κ2) is 5.90. The Labute approximate surface area is 89.2 Å². The van der Waals surface area contributed by atoms with Crippen molar-refractivity contribution < 1.29 is 14.3 Å². The van der Waals surface area contributed by atoms with E-state index in [2.05, 4.69) is 5.32 Å². The number of para-hydroxylation sites is 2. The first-order valence-corrected chi connectivity index (χ1v) is 4.84. The van der Waals surface area contributed by atoms with Crippen molar-refractivity contribution in [2.75, 3.05) is 19.0 Å². The minimum atomic E-state index is -0.457. The van der Waals surface area contributed by atoms with Gasteiger partial charge in [0.25, 0.3) is 0 Å². The third-order valence-corrected chi connectivity index (χ3v) is 1.78. The SMILES string of the molecule is CCCOC(=O)Nc1ccccc1OC. The molecule has 1 rings (SSSR count). The zero-order valence-corrected chi connectivity index (χ0v) is 8.95. The number of methoxy groups -OCH3 is 1. The standard InChI is InChI=1S/C11H15NO3/c1-3-8-15-11(13)12-9-6-4-5-7-10(9)14-2/h4-7H,3,8H2,1-2H3,(H,12,13). The van der Waals surface area contributed by atoms with Crippen LogP contribution in [0.5, 0.6) is 5.75 Å². The van der Waals surface area contributed by atoms with Gasteiger partial charge in [-0.25, -0.2) is 4.79 Å². The molecule has 1 N–H and O–H groups in total.